The van der Waals surface area contributed by atoms with Crippen molar-refractivity contribution in [3.63, 3.8) is 0 Å². The van der Waals surface area contributed by atoms with Gasteiger partial charge in [-0.05, 0) is 50.1 Å². The van der Waals surface area contributed by atoms with Gasteiger partial charge in [0.1, 0.15) is 0 Å². The van der Waals surface area contributed by atoms with Gasteiger partial charge in [-0.2, -0.15) is 4.31 Å². The first-order valence-electron chi connectivity index (χ1n) is 9.29. The minimum absolute atomic E-state index is 0.0661. The number of hydrogen-bond acceptors (Lipinski definition) is 5. The van der Waals surface area contributed by atoms with Crippen LogP contribution in [-0.4, -0.2) is 47.6 Å². The second-order valence-corrected chi connectivity index (χ2v) is 9.27. The lowest BCUT2D eigenvalue weighted by Gasteiger charge is -2.39. The highest BCUT2D eigenvalue weighted by Crippen LogP contribution is 2.21. The van der Waals surface area contributed by atoms with E-state index in [0.29, 0.717) is 13.1 Å². The fourth-order valence-corrected chi connectivity index (χ4v) is 4.39. The van der Waals surface area contributed by atoms with Crippen LogP contribution in [0.4, 0.5) is 0 Å². The Morgan fingerprint density at radius 3 is 2.61 bits per heavy atom. The highest BCUT2D eigenvalue weighted by atomic mass is 32.2. The first kappa shape index (κ1) is 20.2. The maximum Gasteiger partial charge on any atom is 0.213 e. The van der Waals surface area contributed by atoms with Crippen molar-refractivity contribution in [3.8, 4) is 0 Å². The van der Waals surface area contributed by atoms with Crippen molar-refractivity contribution in [2.75, 3.05) is 18.8 Å². The zero-order valence-corrected chi connectivity index (χ0v) is 17.3. The predicted octanol–water partition coefficient (Wildman–Crippen LogP) is 2.86. The fraction of sp³-hybridized carbons (Fsp3) is 0.333. The molecule has 6 nitrogen and oxygen atoms in total. The average molecular weight is 399 g/mol. The van der Waals surface area contributed by atoms with Gasteiger partial charge in [0.15, 0.2) is 0 Å². The summed E-state index contributed by atoms with van der Waals surface area (Å²) in [6.07, 6.45) is 7.61. The number of nitrogens with zero attached hydrogens (tertiary/aromatic N) is 3. The molecular formula is C21H26N4O2S. The van der Waals surface area contributed by atoms with Gasteiger partial charge in [0.25, 0.3) is 0 Å². The number of nitrogens with one attached hydrogen (secondary N) is 1. The topological polar surface area (TPSA) is 75.2 Å². The number of hydrogen-bond donors (Lipinski definition) is 1. The Balaban J connectivity index is 1.70. The first-order valence-corrected chi connectivity index (χ1v) is 10.9. The van der Waals surface area contributed by atoms with Gasteiger partial charge < -0.3 is 5.32 Å². The van der Waals surface area contributed by atoms with Crippen LogP contribution in [0.2, 0.25) is 0 Å². The minimum Gasteiger partial charge on any atom is -0.380 e. The second kappa shape index (κ2) is 8.24. The molecule has 0 aliphatic carbocycles. The predicted molar refractivity (Wildman–Crippen MR) is 114 cm³/mol. The molecule has 1 N–H and O–H groups in total. The lowest BCUT2D eigenvalue weighted by molar-refractivity contribution is 0.246. The third kappa shape index (κ3) is 4.66. The molecule has 2 aromatic heterocycles. The summed E-state index contributed by atoms with van der Waals surface area (Å²) in [6, 6.07) is 6.08. The van der Waals surface area contributed by atoms with E-state index in [1.807, 2.05) is 44.2 Å². The van der Waals surface area contributed by atoms with Crippen molar-refractivity contribution >= 4 is 27.9 Å². The summed E-state index contributed by atoms with van der Waals surface area (Å²) in [6.45, 7) is 10.7. The molecule has 3 heterocycles. The average Bonchev–Trinajstić information content (AvgIpc) is 2.61. The molecule has 1 fully saturated rings. The summed E-state index contributed by atoms with van der Waals surface area (Å²) in [4.78, 5) is 8.62. The van der Waals surface area contributed by atoms with Gasteiger partial charge in [0.05, 0.1) is 11.8 Å². The van der Waals surface area contributed by atoms with E-state index >= 15 is 0 Å². The second-order valence-electron chi connectivity index (χ2n) is 7.02. The standard InChI is InChI=1S/C21H26N4O2S/c1-5-28(26,27)25-13-20(14-25)24-17(4)21-12-22-9-8-19(21)7-6-18-10-15(2)23-16(3)11-18/h6-12,20,24H,4-5,13-14H2,1-3H3/b7-6+. The van der Waals surface area contributed by atoms with E-state index in [1.54, 1.807) is 19.3 Å². The largest absolute Gasteiger partial charge is 0.380 e. The summed E-state index contributed by atoms with van der Waals surface area (Å²) in [7, 11) is -3.11. The van der Waals surface area contributed by atoms with Crippen LogP contribution in [0, 0.1) is 13.8 Å². The molecule has 28 heavy (non-hydrogen) atoms. The normalized spacial score (nSPS) is 15.5. The number of rotatable bonds is 7. The molecule has 0 atom stereocenters. The van der Waals surface area contributed by atoms with E-state index in [0.717, 1.165) is 33.8 Å². The Bertz CT molecular complexity index is 989. The van der Waals surface area contributed by atoms with Crippen LogP contribution >= 0.6 is 0 Å². The van der Waals surface area contributed by atoms with E-state index in [9.17, 15) is 8.42 Å². The lowest BCUT2D eigenvalue weighted by Crippen LogP contribution is -2.59. The van der Waals surface area contributed by atoms with E-state index in [2.05, 4.69) is 21.9 Å². The molecule has 0 amide bonds. The molecule has 0 aromatic carbocycles. The lowest BCUT2D eigenvalue weighted by atomic mass is 10.0. The summed E-state index contributed by atoms with van der Waals surface area (Å²) < 4.78 is 25.2. The third-order valence-electron chi connectivity index (χ3n) is 4.72. The van der Waals surface area contributed by atoms with Crippen molar-refractivity contribution in [1.82, 2.24) is 19.6 Å². The smallest absolute Gasteiger partial charge is 0.213 e. The molecule has 0 unspecified atom stereocenters. The molecule has 1 aliphatic heterocycles. The highest BCUT2D eigenvalue weighted by Gasteiger charge is 2.34. The number of aromatic nitrogens is 2. The van der Waals surface area contributed by atoms with Crippen LogP contribution < -0.4 is 5.32 Å². The molecule has 2 aromatic rings. The molecule has 1 saturated heterocycles. The molecule has 0 radical (unpaired) electrons. The van der Waals surface area contributed by atoms with Crippen LogP contribution in [0.15, 0.2) is 37.2 Å². The van der Waals surface area contributed by atoms with Crippen LogP contribution in [0.1, 0.15) is 35.0 Å². The third-order valence-corrected chi connectivity index (χ3v) is 6.54. The van der Waals surface area contributed by atoms with Crippen molar-refractivity contribution in [1.29, 1.82) is 0 Å². The van der Waals surface area contributed by atoms with E-state index < -0.39 is 10.0 Å². The van der Waals surface area contributed by atoms with Gasteiger partial charge in [-0.1, -0.05) is 18.7 Å². The number of pyridine rings is 2. The van der Waals surface area contributed by atoms with Gasteiger partial charge in [0.2, 0.25) is 10.0 Å². The molecular weight excluding hydrogens is 372 g/mol. The van der Waals surface area contributed by atoms with Crippen molar-refractivity contribution in [2.45, 2.75) is 26.8 Å². The molecule has 0 saturated carbocycles. The maximum atomic E-state index is 11.9. The first-order chi connectivity index (χ1) is 13.3. The van der Waals surface area contributed by atoms with Gasteiger partial charge in [-0.15, -0.1) is 0 Å². The van der Waals surface area contributed by atoms with Crippen LogP contribution in [0.3, 0.4) is 0 Å². The maximum absolute atomic E-state index is 11.9. The Labute approximate surface area is 167 Å². The van der Waals surface area contributed by atoms with Crippen molar-refractivity contribution in [2.24, 2.45) is 0 Å². The van der Waals surface area contributed by atoms with Gasteiger partial charge >= 0.3 is 0 Å². The van der Waals surface area contributed by atoms with E-state index in [1.165, 1.54) is 4.31 Å². The molecule has 1 aliphatic rings. The Morgan fingerprint density at radius 1 is 1.29 bits per heavy atom. The molecule has 0 spiro atoms. The molecule has 148 valence electrons. The molecule has 0 bridgehead atoms. The summed E-state index contributed by atoms with van der Waals surface area (Å²) in [5.74, 6) is 0.131. The summed E-state index contributed by atoms with van der Waals surface area (Å²) in [5, 5.41) is 3.33. The molecule has 7 heteroatoms. The Morgan fingerprint density at radius 2 is 1.96 bits per heavy atom. The number of aryl methyl sites for hydroxylation is 2. The highest BCUT2D eigenvalue weighted by molar-refractivity contribution is 7.89. The Hall–Kier alpha value is -2.51. The minimum atomic E-state index is -3.11. The van der Waals surface area contributed by atoms with Crippen LogP contribution in [0.25, 0.3) is 17.8 Å². The molecule has 3 rings (SSSR count). The van der Waals surface area contributed by atoms with E-state index in [-0.39, 0.29) is 11.8 Å². The summed E-state index contributed by atoms with van der Waals surface area (Å²) >= 11 is 0. The van der Waals surface area contributed by atoms with Crippen molar-refractivity contribution < 1.29 is 8.42 Å². The number of sulfonamides is 1. The van der Waals surface area contributed by atoms with Gasteiger partial charge in [-0.3, -0.25) is 9.97 Å². The van der Waals surface area contributed by atoms with E-state index in [4.69, 9.17) is 0 Å². The Kier molecular flexibility index (Phi) is 5.96. The SMILES string of the molecule is C=C(NC1CN(S(=O)(=O)CC)C1)c1cnccc1/C=C/c1cc(C)nc(C)c1. The van der Waals surface area contributed by atoms with Crippen molar-refractivity contribution in [3.05, 3.63) is 65.2 Å². The fourth-order valence-electron chi connectivity index (χ4n) is 3.22. The quantitative estimate of drug-likeness (QED) is 0.776. The summed E-state index contributed by atoms with van der Waals surface area (Å²) in [5.41, 5.74) is 5.70. The van der Waals surface area contributed by atoms with Crippen LogP contribution in [-0.2, 0) is 10.0 Å². The zero-order chi connectivity index (χ0) is 20.3. The zero-order valence-electron chi connectivity index (χ0n) is 16.5. The van der Waals surface area contributed by atoms with Gasteiger partial charge in [0, 0.05) is 48.1 Å². The van der Waals surface area contributed by atoms with Gasteiger partial charge in [-0.25, -0.2) is 8.42 Å². The monoisotopic (exact) mass is 398 g/mol. The van der Waals surface area contributed by atoms with Crippen LogP contribution in [0.5, 0.6) is 0 Å².